The van der Waals surface area contributed by atoms with Crippen molar-refractivity contribution in [3.63, 3.8) is 0 Å². The van der Waals surface area contributed by atoms with Crippen molar-refractivity contribution in [1.29, 1.82) is 5.26 Å². The van der Waals surface area contributed by atoms with Crippen LogP contribution in [-0.2, 0) is 0 Å². The van der Waals surface area contributed by atoms with E-state index in [-0.39, 0.29) is 6.04 Å². The molecule has 0 spiro atoms. The lowest BCUT2D eigenvalue weighted by Crippen LogP contribution is -2.06. The molecule has 0 saturated carbocycles. The van der Waals surface area contributed by atoms with Gasteiger partial charge in [-0.15, -0.1) is 0 Å². The molecule has 0 fully saturated rings. The van der Waals surface area contributed by atoms with Crippen LogP contribution in [0, 0.1) is 25.2 Å². The molecule has 1 unspecified atom stereocenters. The van der Waals surface area contributed by atoms with Crippen LogP contribution in [0.3, 0.4) is 0 Å². The van der Waals surface area contributed by atoms with E-state index in [2.05, 4.69) is 18.3 Å². The maximum absolute atomic E-state index is 8.83. The first-order valence-corrected chi connectivity index (χ1v) is 5.94. The molecule has 1 N–H and O–H groups in total. The molecule has 1 aromatic heterocycles. The van der Waals surface area contributed by atoms with Crippen LogP contribution in [0.25, 0.3) is 0 Å². The zero-order valence-electron chi connectivity index (χ0n) is 10.8. The SMILES string of the molecule is Cc1ccc(C(C)Nc2ccc(C#N)cc2C)o1. The number of rotatable bonds is 3. The Morgan fingerprint density at radius 2 is 2.00 bits per heavy atom. The Hall–Kier alpha value is -2.21. The summed E-state index contributed by atoms with van der Waals surface area (Å²) < 4.78 is 5.59. The number of benzene rings is 1. The number of furan rings is 1. The van der Waals surface area contributed by atoms with Gasteiger partial charge in [0.1, 0.15) is 11.5 Å². The van der Waals surface area contributed by atoms with Crippen LogP contribution < -0.4 is 5.32 Å². The van der Waals surface area contributed by atoms with E-state index in [1.807, 2.05) is 44.2 Å². The fourth-order valence-electron chi connectivity index (χ4n) is 1.89. The molecule has 0 aliphatic heterocycles. The van der Waals surface area contributed by atoms with Crippen molar-refractivity contribution >= 4 is 5.69 Å². The highest BCUT2D eigenvalue weighted by atomic mass is 16.3. The van der Waals surface area contributed by atoms with Gasteiger partial charge in [0.2, 0.25) is 0 Å². The van der Waals surface area contributed by atoms with E-state index in [0.29, 0.717) is 5.56 Å². The highest BCUT2D eigenvalue weighted by Gasteiger charge is 2.10. The van der Waals surface area contributed by atoms with Gasteiger partial charge in [0, 0.05) is 5.69 Å². The van der Waals surface area contributed by atoms with Crippen LogP contribution in [0.5, 0.6) is 0 Å². The molecule has 0 saturated heterocycles. The highest BCUT2D eigenvalue weighted by molar-refractivity contribution is 5.54. The summed E-state index contributed by atoms with van der Waals surface area (Å²) in [6, 6.07) is 11.8. The van der Waals surface area contributed by atoms with Gasteiger partial charge < -0.3 is 9.73 Å². The largest absolute Gasteiger partial charge is 0.464 e. The van der Waals surface area contributed by atoms with Crippen LogP contribution in [0.4, 0.5) is 5.69 Å². The minimum Gasteiger partial charge on any atom is -0.464 e. The number of aryl methyl sites for hydroxylation is 2. The summed E-state index contributed by atoms with van der Waals surface area (Å²) in [4.78, 5) is 0. The van der Waals surface area contributed by atoms with E-state index in [9.17, 15) is 0 Å². The van der Waals surface area contributed by atoms with Gasteiger partial charge in [-0.1, -0.05) is 0 Å². The summed E-state index contributed by atoms with van der Waals surface area (Å²) in [6.45, 7) is 5.97. The predicted molar refractivity (Wildman–Crippen MR) is 71.4 cm³/mol. The molecule has 0 aliphatic carbocycles. The van der Waals surface area contributed by atoms with Crippen molar-refractivity contribution in [2.24, 2.45) is 0 Å². The van der Waals surface area contributed by atoms with Crippen LogP contribution >= 0.6 is 0 Å². The van der Waals surface area contributed by atoms with Crippen molar-refractivity contribution in [1.82, 2.24) is 0 Å². The normalized spacial score (nSPS) is 11.9. The van der Waals surface area contributed by atoms with Crippen molar-refractivity contribution in [2.45, 2.75) is 26.8 Å². The lowest BCUT2D eigenvalue weighted by Gasteiger charge is -2.15. The van der Waals surface area contributed by atoms with Crippen molar-refractivity contribution < 1.29 is 4.42 Å². The summed E-state index contributed by atoms with van der Waals surface area (Å²) in [7, 11) is 0. The van der Waals surface area contributed by atoms with Crippen LogP contribution in [-0.4, -0.2) is 0 Å². The Kier molecular flexibility index (Phi) is 3.38. The van der Waals surface area contributed by atoms with E-state index in [4.69, 9.17) is 9.68 Å². The molecule has 2 rings (SSSR count). The highest BCUT2D eigenvalue weighted by Crippen LogP contribution is 2.24. The number of nitrogens with zero attached hydrogens (tertiary/aromatic N) is 1. The lowest BCUT2D eigenvalue weighted by atomic mass is 10.1. The second kappa shape index (κ2) is 4.97. The zero-order chi connectivity index (χ0) is 13.1. The number of anilines is 1. The van der Waals surface area contributed by atoms with E-state index >= 15 is 0 Å². The zero-order valence-corrected chi connectivity index (χ0v) is 10.8. The van der Waals surface area contributed by atoms with E-state index in [1.165, 1.54) is 0 Å². The summed E-state index contributed by atoms with van der Waals surface area (Å²) >= 11 is 0. The third-order valence-electron chi connectivity index (χ3n) is 2.92. The van der Waals surface area contributed by atoms with Gasteiger partial charge in [0.05, 0.1) is 17.7 Å². The van der Waals surface area contributed by atoms with Crippen LogP contribution in [0.15, 0.2) is 34.7 Å². The van der Waals surface area contributed by atoms with Crippen molar-refractivity contribution in [3.05, 3.63) is 53.0 Å². The van der Waals surface area contributed by atoms with Gasteiger partial charge >= 0.3 is 0 Å². The molecule has 0 bridgehead atoms. The molecule has 0 aliphatic rings. The van der Waals surface area contributed by atoms with E-state index < -0.39 is 0 Å². The Balaban J connectivity index is 2.17. The van der Waals surface area contributed by atoms with Gasteiger partial charge in [-0.2, -0.15) is 5.26 Å². The van der Waals surface area contributed by atoms with Gasteiger partial charge in [0.25, 0.3) is 0 Å². The second-order valence-corrected chi connectivity index (χ2v) is 4.46. The Labute approximate surface area is 107 Å². The monoisotopic (exact) mass is 240 g/mol. The number of hydrogen-bond donors (Lipinski definition) is 1. The standard InChI is InChI=1S/C15H16N2O/c1-10-8-13(9-16)5-6-14(10)17-12(3)15-7-4-11(2)18-15/h4-8,12,17H,1-3H3. The first-order chi connectivity index (χ1) is 8.60. The second-order valence-electron chi connectivity index (χ2n) is 4.46. The average molecular weight is 240 g/mol. The summed E-state index contributed by atoms with van der Waals surface area (Å²) in [5, 5.41) is 12.2. The molecule has 92 valence electrons. The molecule has 3 nitrogen and oxygen atoms in total. The van der Waals surface area contributed by atoms with Crippen LogP contribution in [0.1, 0.15) is 35.6 Å². The minimum absolute atomic E-state index is 0.102. The lowest BCUT2D eigenvalue weighted by molar-refractivity contribution is 0.467. The van der Waals surface area contributed by atoms with Gasteiger partial charge in [-0.3, -0.25) is 0 Å². The molecule has 1 aromatic carbocycles. The Bertz CT molecular complexity index is 593. The minimum atomic E-state index is 0.102. The number of hydrogen-bond acceptors (Lipinski definition) is 3. The molecule has 2 aromatic rings. The van der Waals surface area contributed by atoms with Gasteiger partial charge in [-0.25, -0.2) is 0 Å². The van der Waals surface area contributed by atoms with E-state index in [0.717, 1.165) is 22.8 Å². The Morgan fingerprint density at radius 1 is 1.22 bits per heavy atom. The van der Waals surface area contributed by atoms with Crippen LogP contribution in [0.2, 0.25) is 0 Å². The fraction of sp³-hybridized carbons (Fsp3) is 0.267. The third kappa shape index (κ3) is 2.54. The summed E-state index contributed by atoms with van der Waals surface area (Å²) in [5.74, 6) is 1.83. The molecule has 1 atom stereocenters. The molecular formula is C15H16N2O. The molecule has 0 amide bonds. The maximum Gasteiger partial charge on any atom is 0.126 e. The summed E-state index contributed by atoms with van der Waals surface area (Å²) in [5.41, 5.74) is 2.76. The fourth-order valence-corrected chi connectivity index (χ4v) is 1.89. The molecular weight excluding hydrogens is 224 g/mol. The van der Waals surface area contributed by atoms with E-state index in [1.54, 1.807) is 0 Å². The third-order valence-corrected chi connectivity index (χ3v) is 2.92. The quantitative estimate of drug-likeness (QED) is 0.883. The Morgan fingerprint density at radius 3 is 2.56 bits per heavy atom. The topological polar surface area (TPSA) is 49.0 Å². The smallest absolute Gasteiger partial charge is 0.126 e. The molecule has 1 heterocycles. The summed E-state index contributed by atoms with van der Waals surface area (Å²) in [6.07, 6.45) is 0. The maximum atomic E-state index is 8.83. The van der Waals surface area contributed by atoms with Crippen molar-refractivity contribution in [3.8, 4) is 6.07 Å². The average Bonchev–Trinajstić information content (AvgIpc) is 2.78. The van der Waals surface area contributed by atoms with Gasteiger partial charge in [-0.05, 0) is 56.7 Å². The first kappa shape index (κ1) is 12.3. The number of nitriles is 1. The van der Waals surface area contributed by atoms with Gasteiger partial charge in [0.15, 0.2) is 0 Å². The van der Waals surface area contributed by atoms with Crippen molar-refractivity contribution in [2.75, 3.05) is 5.32 Å². The number of nitrogens with one attached hydrogen (secondary N) is 1. The predicted octanol–water partition coefficient (Wildman–Crippen LogP) is 3.94. The molecule has 18 heavy (non-hydrogen) atoms. The molecule has 3 heteroatoms. The molecule has 0 radical (unpaired) electrons. The first-order valence-electron chi connectivity index (χ1n) is 5.94.